The lowest BCUT2D eigenvalue weighted by molar-refractivity contribution is 1.35. The summed E-state index contributed by atoms with van der Waals surface area (Å²) in [4.78, 5) is 0. The molecule has 1 aromatic carbocycles. The molecule has 0 saturated carbocycles. The maximum atomic E-state index is 7.28. The minimum atomic E-state index is 0.126. The fraction of sp³-hybridized carbons (Fsp3) is 0.222. The minimum absolute atomic E-state index is 0.126. The first-order valence-corrected chi connectivity index (χ1v) is 3.81. The van der Waals surface area contributed by atoms with Crippen LogP contribution in [0, 0.1) is 19.3 Å². The highest BCUT2D eigenvalue weighted by Gasteiger charge is 2.03. The van der Waals surface area contributed by atoms with Crippen LogP contribution in [0.2, 0.25) is 0 Å². The normalized spacial score (nSPS) is 9.73. The van der Waals surface area contributed by atoms with E-state index in [2.05, 4.69) is 0 Å². The fourth-order valence-corrected chi connectivity index (χ4v) is 1.46. The van der Waals surface area contributed by atoms with E-state index in [0.29, 0.717) is 0 Å². The second-order valence-electron chi connectivity index (χ2n) is 2.58. The van der Waals surface area contributed by atoms with Crippen LogP contribution in [-0.4, -0.2) is 5.17 Å². The molecule has 0 bridgehead atoms. The molecule has 1 nitrogen and oxygen atoms in total. The monoisotopic (exact) mass is 167 g/mol. The lowest BCUT2D eigenvalue weighted by atomic mass is 10.0. The molecule has 0 aliphatic rings. The van der Waals surface area contributed by atoms with Gasteiger partial charge in [0.2, 0.25) is 0 Å². The van der Waals surface area contributed by atoms with Crippen molar-refractivity contribution in [2.24, 2.45) is 0 Å². The fourth-order valence-electron chi connectivity index (χ4n) is 1.16. The Morgan fingerprint density at radius 3 is 2.00 bits per heavy atom. The van der Waals surface area contributed by atoms with E-state index in [1.165, 1.54) is 0 Å². The minimum Gasteiger partial charge on any atom is -0.289 e. The van der Waals surface area contributed by atoms with Crippen molar-refractivity contribution in [3.8, 4) is 0 Å². The van der Waals surface area contributed by atoms with Crippen LogP contribution in [0.5, 0.6) is 0 Å². The standard InChI is InChI=1S/C9H10ClN/c1-6-4-3-5-7(2)8(6)9(10)11/h3-5,11H,1-2H3. The molecule has 0 amide bonds. The molecule has 0 aliphatic carbocycles. The molecule has 0 radical (unpaired) electrons. The first kappa shape index (κ1) is 8.28. The predicted octanol–water partition coefficient (Wildman–Crippen LogP) is 2.87. The van der Waals surface area contributed by atoms with Gasteiger partial charge in [-0.1, -0.05) is 29.8 Å². The summed E-state index contributed by atoms with van der Waals surface area (Å²) < 4.78 is 0. The quantitative estimate of drug-likeness (QED) is 0.622. The molecule has 0 atom stereocenters. The van der Waals surface area contributed by atoms with Gasteiger partial charge in [0.05, 0.1) is 0 Å². The molecule has 0 spiro atoms. The summed E-state index contributed by atoms with van der Waals surface area (Å²) in [7, 11) is 0. The molecule has 0 aromatic heterocycles. The Bertz CT molecular complexity index is 271. The zero-order valence-electron chi connectivity index (χ0n) is 6.61. The van der Waals surface area contributed by atoms with Crippen molar-refractivity contribution >= 4 is 16.8 Å². The zero-order valence-corrected chi connectivity index (χ0v) is 7.37. The predicted molar refractivity (Wildman–Crippen MR) is 48.6 cm³/mol. The molecular formula is C9H10ClN. The molecule has 58 valence electrons. The van der Waals surface area contributed by atoms with E-state index in [1.54, 1.807) is 0 Å². The van der Waals surface area contributed by atoms with Gasteiger partial charge in [0, 0.05) is 5.56 Å². The van der Waals surface area contributed by atoms with Gasteiger partial charge >= 0.3 is 0 Å². The molecule has 1 N–H and O–H groups in total. The van der Waals surface area contributed by atoms with Crippen LogP contribution in [0.1, 0.15) is 16.7 Å². The average Bonchev–Trinajstić information content (AvgIpc) is 1.85. The van der Waals surface area contributed by atoms with Crippen molar-refractivity contribution in [3.63, 3.8) is 0 Å². The van der Waals surface area contributed by atoms with Gasteiger partial charge in [0.25, 0.3) is 0 Å². The van der Waals surface area contributed by atoms with E-state index in [-0.39, 0.29) is 5.17 Å². The third-order valence-electron chi connectivity index (χ3n) is 1.70. The molecule has 0 unspecified atom stereocenters. The molecule has 0 heterocycles. The van der Waals surface area contributed by atoms with Crippen molar-refractivity contribution in [2.45, 2.75) is 13.8 Å². The molecular weight excluding hydrogens is 158 g/mol. The summed E-state index contributed by atoms with van der Waals surface area (Å²) in [5, 5.41) is 7.41. The Balaban J connectivity index is 3.32. The Morgan fingerprint density at radius 2 is 1.73 bits per heavy atom. The number of hydrogen-bond donors (Lipinski definition) is 1. The Hall–Kier alpha value is -0.820. The zero-order chi connectivity index (χ0) is 8.43. The molecule has 0 saturated heterocycles. The Kier molecular flexibility index (Phi) is 2.30. The number of nitrogens with one attached hydrogen (secondary N) is 1. The van der Waals surface area contributed by atoms with Crippen LogP contribution < -0.4 is 0 Å². The van der Waals surface area contributed by atoms with Crippen LogP contribution in [-0.2, 0) is 0 Å². The highest BCUT2D eigenvalue weighted by molar-refractivity contribution is 6.69. The summed E-state index contributed by atoms with van der Waals surface area (Å²) in [5.41, 5.74) is 2.98. The van der Waals surface area contributed by atoms with Crippen molar-refractivity contribution < 1.29 is 0 Å². The van der Waals surface area contributed by atoms with Gasteiger partial charge in [0.1, 0.15) is 5.17 Å². The molecule has 11 heavy (non-hydrogen) atoms. The van der Waals surface area contributed by atoms with Crippen molar-refractivity contribution in [2.75, 3.05) is 0 Å². The van der Waals surface area contributed by atoms with Crippen molar-refractivity contribution in [1.82, 2.24) is 0 Å². The Morgan fingerprint density at radius 1 is 1.27 bits per heavy atom. The molecule has 0 aliphatic heterocycles. The first-order valence-electron chi connectivity index (χ1n) is 3.43. The summed E-state index contributed by atoms with van der Waals surface area (Å²) in [6.07, 6.45) is 0. The van der Waals surface area contributed by atoms with Crippen LogP contribution in [0.4, 0.5) is 0 Å². The second-order valence-corrected chi connectivity index (χ2v) is 2.96. The van der Waals surface area contributed by atoms with Crippen LogP contribution >= 0.6 is 11.6 Å². The Labute approximate surface area is 71.5 Å². The SMILES string of the molecule is Cc1cccc(C)c1C(=N)Cl. The highest BCUT2D eigenvalue weighted by Crippen LogP contribution is 2.14. The summed E-state index contributed by atoms with van der Waals surface area (Å²) >= 11 is 5.60. The lowest BCUT2D eigenvalue weighted by Crippen LogP contribution is -1.96. The molecule has 1 aromatic rings. The third kappa shape index (κ3) is 1.60. The van der Waals surface area contributed by atoms with Gasteiger partial charge in [-0.25, -0.2) is 0 Å². The van der Waals surface area contributed by atoms with E-state index >= 15 is 0 Å². The molecule has 0 fully saturated rings. The van der Waals surface area contributed by atoms with E-state index in [4.69, 9.17) is 17.0 Å². The van der Waals surface area contributed by atoms with Crippen LogP contribution in [0.3, 0.4) is 0 Å². The van der Waals surface area contributed by atoms with E-state index in [9.17, 15) is 0 Å². The van der Waals surface area contributed by atoms with Gasteiger partial charge in [-0.05, 0) is 25.0 Å². The van der Waals surface area contributed by atoms with E-state index in [1.807, 2.05) is 32.0 Å². The van der Waals surface area contributed by atoms with Crippen LogP contribution in [0.15, 0.2) is 18.2 Å². The van der Waals surface area contributed by atoms with Gasteiger partial charge in [-0.2, -0.15) is 0 Å². The number of rotatable bonds is 1. The van der Waals surface area contributed by atoms with Gasteiger partial charge in [-0.3, -0.25) is 5.41 Å². The summed E-state index contributed by atoms with van der Waals surface area (Å²) in [6, 6.07) is 5.88. The largest absolute Gasteiger partial charge is 0.289 e. The lowest BCUT2D eigenvalue weighted by Gasteiger charge is -2.04. The van der Waals surface area contributed by atoms with Gasteiger partial charge in [-0.15, -0.1) is 0 Å². The van der Waals surface area contributed by atoms with E-state index < -0.39 is 0 Å². The summed E-state index contributed by atoms with van der Waals surface area (Å²) in [5.74, 6) is 0. The average molecular weight is 168 g/mol. The number of aryl methyl sites for hydroxylation is 2. The molecule has 1 rings (SSSR count). The smallest absolute Gasteiger partial charge is 0.128 e. The van der Waals surface area contributed by atoms with Gasteiger partial charge < -0.3 is 0 Å². The maximum Gasteiger partial charge on any atom is 0.128 e. The maximum absolute atomic E-state index is 7.28. The van der Waals surface area contributed by atoms with Crippen molar-refractivity contribution in [1.29, 1.82) is 5.41 Å². The van der Waals surface area contributed by atoms with Crippen LogP contribution in [0.25, 0.3) is 0 Å². The second kappa shape index (κ2) is 3.05. The number of benzene rings is 1. The number of hydrogen-bond acceptors (Lipinski definition) is 1. The highest BCUT2D eigenvalue weighted by atomic mass is 35.5. The number of halogens is 1. The summed E-state index contributed by atoms with van der Waals surface area (Å²) in [6.45, 7) is 3.92. The molecule has 2 heteroatoms. The van der Waals surface area contributed by atoms with Crippen molar-refractivity contribution in [3.05, 3.63) is 34.9 Å². The topological polar surface area (TPSA) is 23.9 Å². The van der Waals surface area contributed by atoms with E-state index in [0.717, 1.165) is 16.7 Å². The van der Waals surface area contributed by atoms with Gasteiger partial charge in [0.15, 0.2) is 0 Å². The third-order valence-corrected chi connectivity index (χ3v) is 1.89. The first-order chi connectivity index (χ1) is 5.13.